The van der Waals surface area contributed by atoms with Crippen molar-refractivity contribution in [2.45, 2.75) is 58.0 Å². The van der Waals surface area contributed by atoms with Crippen LogP contribution in [0.25, 0.3) is 0 Å². The summed E-state index contributed by atoms with van der Waals surface area (Å²) in [7, 11) is 0. The van der Waals surface area contributed by atoms with Gasteiger partial charge < -0.3 is 5.32 Å². The van der Waals surface area contributed by atoms with Gasteiger partial charge in [0, 0.05) is 17.6 Å². The van der Waals surface area contributed by atoms with Crippen molar-refractivity contribution >= 4 is 5.91 Å². The first-order valence-electron chi connectivity index (χ1n) is 10.2. The Hall–Kier alpha value is -2.13. The lowest BCUT2D eigenvalue weighted by Gasteiger charge is -2.26. The molecule has 1 aliphatic heterocycles. The van der Waals surface area contributed by atoms with Crippen molar-refractivity contribution in [3.63, 3.8) is 0 Å². The molecule has 144 valence electrons. The summed E-state index contributed by atoms with van der Waals surface area (Å²) in [5.74, 6) is -0.00254. The number of amides is 1. The Bertz CT molecular complexity index is 714. The molecule has 3 rings (SSSR count). The Balaban J connectivity index is 1.56. The van der Waals surface area contributed by atoms with Gasteiger partial charge in [0.1, 0.15) is 0 Å². The lowest BCUT2D eigenvalue weighted by Crippen LogP contribution is -2.45. The Kier molecular flexibility index (Phi) is 6.68. The first-order valence-corrected chi connectivity index (χ1v) is 10.2. The maximum Gasteiger partial charge on any atom is 0.251 e. The minimum Gasteiger partial charge on any atom is -0.347 e. The predicted molar refractivity (Wildman–Crippen MR) is 112 cm³/mol. The Morgan fingerprint density at radius 1 is 0.889 bits per heavy atom. The van der Waals surface area contributed by atoms with E-state index in [-0.39, 0.29) is 11.4 Å². The molecular formula is C24H32N2O. The van der Waals surface area contributed by atoms with Crippen LogP contribution in [0.15, 0.2) is 54.6 Å². The second kappa shape index (κ2) is 9.18. The van der Waals surface area contributed by atoms with E-state index < -0.39 is 0 Å². The molecule has 0 atom stereocenters. The molecule has 27 heavy (non-hydrogen) atoms. The van der Waals surface area contributed by atoms with Crippen molar-refractivity contribution in [1.29, 1.82) is 0 Å². The van der Waals surface area contributed by atoms with E-state index >= 15 is 0 Å². The Labute approximate surface area is 163 Å². The highest BCUT2D eigenvalue weighted by Gasteiger charge is 2.21. The fourth-order valence-corrected chi connectivity index (χ4v) is 3.84. The van der Waals surface area contributed by atoms with E-state index in [1.54, 1.807) is 0 Å². The zero-order chi connectivity index (χ0) is 19.1. The largest absolute Gasteiger partial charge is 0.347 e. The minimum atomic E-state index is -0.289. The second-order valence-corrected chi connectivity index (χ2v) is 8.39. The van der Waals surface area contributed by atoms with Crippen LogP contribution in [0.1, 0.15) is 61.0 Å². The molecule has 3 nitrogen and oxygen atoms in total. The normalized spacial score (nSPS) is 15.9. The molecule has 0 radical (unpaired) electrons. The van der Waals surface area contributed by atoms with E-state index in [0.29, 0.717) is 0 Å². The maximum absolute atomic E-state index is 12.7. The van der Waals surface area contributed by atoms with Gasteiger partial charge in [0.2, 0.25) is 0 Å². The van der Waals surface area contributed by atoms with Crippen LogP contribution in [0, 0.1) is 0 Å². The van der Waals surface area contributed by atoms with Crippen LogP contribution in [0.5, 0.6) is 0 Å². The number of carbonyl (C=O) groups is 1. The fraction of sp³-hybridized carbons (Fsp3) is 0.458. The summed E-state index contributed by atoms with van der Waals surface area (Å²) in [6.07, 6.45) is 6.13. The van der Waals surface area contributed by atoms with Crippen molar-refractivity contribution in [1.82, 2.24) is 10.2 Å². The van der Waals surface area contributed by atoms with E-state index in [0.717, 1.165) is 18.5 Å². The average molecular weight is 365 g/mol. The quantitative estimate of drug-likeness (QED) is 0.797. The summed E-state index contributed by atoms with van der Waals surface area (Å²) < 4.78 is 0. The average Bonchev–Trinajstić information content (AvgIpc) is 2.91. The van der Waals surface area contributed by atoms with Crippen molar-refractivity contribution in [3.8, 4) is 0 Å². The van der Waals surface area contributed by atoms with Gasteiger partial charge in [0.05, 0.1) is 0 Å². The predicted octanol–water partition coefficient (Wildman–Crippen LogP) is 4.81. The van der Waals surface area contributed by atoms with Crippen LogP contribution >= 0.6 is 0 Å². The topological polar surface area (TPSA) is 32.3 Å². The van der Waals surface area contributed by atoms with E-state index in [4.69, 9.17) is 0 Å². The molecule has 0 unspecified atom stereocenters. The molecule has 2 aromatic rings. The molecule has 1 saturated heterocycles. The molecule has 1 N–H and O–H groups in total. The SMILES string of the molecule is CC(C)(Cc1ccccc1)NC(=O)c1ccc(CN2CCCCCC2)cc1. The first kappa shape index (κ1) is 19.6. The molecule has 3 heteroatoms. The number of nitrogens with one attached hydrogen (secondary N) is 1. The third-order valence-corrected chi connectivity index (χ3v) is 5.26. The highest BCUT2D eigenvalue weighted by molar-refractivity contribution is 5.94. The van der Waals surface area contributed by atoms with Gasteiger partial charge in [0.15, 0.2) is 0 Å². The van der Waals surface area contributed by atoms with Crippen LogP contribution in [-0.2, 0) is 13.0 Å². The van der Waals surface area contributed by atoms with Gasteiger partial charge in [0.25, 0.3) is 5.91 Å². The number of benzene rings is 2. The van der Waals surface area contributed by atoms with E-state index in [2.05, 4.69) is 48.3 Å². The van der Waals surface area contributed by atoms with Crippen molar-refractivity contribution in [2.24, 2.45) is 0 Å². The molecule has 0 saturated carbocycles. The van der Waals surface area contributed by atoms with E-state index in [1.807, 2.05) is 30.3 Å². The summed E-state index contributed by atoms with van der Waals surface area (Å²) in [6, 6.07) is 18.4. The van der Waals surface area contributed by atoms with Gasteiger partial charge in [-0.25, -0.2) is 0 Å². The Morgan fingerprint density at radius 3 is 2.15 bits per heavy atom. The molecule has 1 fully saturated rings. The molecule has 1 heterocycles. The highest BCUT2D eigenvalue weighted by atomic mass is 16.1. The van der Waals surface area contributed by atoms with Gasteiger partial charge in [-0.15, -0.1) is 0 Å². The number of nitrogens with zero attached hydrogens (tertiary/aromatic N) is 1. The highest BCUT2D eigenvalue weighted by Crippen LogP contribution is 2.16. The molecule has 0 aliphatic carbocycles. The van der Waals surface area contributed by atoms with Crippen LogP contribution in [-0.4, -0.2) is 29.4 Å². The number of carbonyl (C=O) groups excluding carboxylic acids is 1. The van der Waals surface area contributed by atoms with Crippen molar-refractivity contribution < 1.29 is 4.79 Å². The third kappa shape index (κ3) is 6.21. The number of likely N-dealkylation sites (tertiary alicyclic amines) is 1. The van der Waals surface area contributed by atoms with Crippen LogP contribution in [0.4, 0.5) is 0 Å². The third-order valence-electron chi connectivity index (χ3n) is 5.26. The molecule has 0 bridgehead atoms. The lowest BCUT2D eigenvalue weighted by molar-refractivity contribution is 0.0913. The summed E-state index contributed by atoms with van der Waals surface area (Å²) in [5, 5.41) is 3.18. The molecule has 2 aromatic carbocycles. The summed E-state index contributed by atoms with van der Waals surface area (Å²) >= 11 is 0. The van der Waals surface area contributed by atoms with Gasteiger partial charge >= 0.3 is 0 Å². The van der Waals surface area contributed by atoms with Crippen LogP contribution in [0.3, 0.4) is 0 Å². The van der Waals surface area contributed by atoms with Crippen molar-refractivity contribution in [3.05, 3.63) is 71.3 Å². The monoisotopic (exact) mass is 364 g/mol. The van der Waals surface area contributed by atoms with Crippen LogP contribution < -0.4 is 5.32 Å². The maximum atomic E-state index is 12.7. The van der Waals surface area contributed by atoms with E-state index in [1.165, 1.54) is 49.9 Å². The molecular weight excluding hydrogens is 332 g/mol. The van der Waals surface area contributed by atoms with Crippen molar-refractivity contribution in [2.75, 3.05) is 13.1 Å². The van der Waals surface area contributed by atoms with Gasteiger partial charge in [-0.05, 0) is 69.5 Å². The summed E-state index contributed by atoms with van der Waals surface area (Å²) in [6.45, 7) is 7.52. The van der Waals surface area contributed by atoms with E-state index in [9.17, 15) is 4.79 Å². The number of hydrogen-bond donors (Lipinski definition) is 1. The standard InChI is InChI=1S/C24H32N2O/c1-24(2,18-20-10-6-5-7-11-20)25-23(27)22-14-12-21(13-15-22)19-26-16-8-3-4-9-17-26/h5-7,10-15H,3-4,8-9,16-19H2,1-2H3,(H,25,27). The van der Waals surface area contributed by atoms with Crippen LogP contribution in [0.2, 0.25) is 0 Å². The summed E-state index contributed by atoms with van der Waals surface area (Å²) in [5.41, 5.74) is 2.96. The Morgan fingerprint density at radius 2 is 1.52 bits per heavy atom. The molecule has 0 aromatic heterocycles. The second-order valence-electron chi connectivity index (χ2n) is 8.39. The number of hydrogen-bond acceptors (Lipinski definition) is 2. The van der Waals surface area contributed by atoms with Gasteiger partial charge in [-0.1, -0.05) is 55.3 Å². The smallest absolute Gasteiger partial charge is 0.251 e. The zero-order valence-corrected chi connectivity index (χ0v) is 16.7. The molecule has 0 spiro atoms. The number of rotatable bonds is 6. The van der Waals surface area contributed by atoms with Gasteiger partial charge in [-0.3, -0.25) is 9.69 Å². The van der Waals surface area contributed by atoms with Gasteiger partial charge in [-0.2, -0.15) is 0 Å². The minimum absolute atomic E-state index is 0.00254. The zero-order valence-electron chi connectivity index (χ0n) is 16.7. The fourth-order valence-electron chi connectivity index (χ4n) is 3.84. The first-order chi connectivity index (χ1) is 13.0. The molecule has 1 aliphatic rings. The lowest BCUT2D eigenvalue weighted by atomic mass is 9.94. The summed E-state index contributed by atoms with van der Waals surface area (Å²) in [4.78, 5) is 15.2. The molecule has 1 amide bonds.